The van der Waals surface area contributed by atoms with Gasteiger partial charge in [0.25, 0.3) is 0 Å². The van der Waals surface area contributed by atoms with Crippen LogP contribution in [-0.2, 0) is 49.2 Å². The molecule has 0 N–H and O–H groups in total. The fraction of sp³-hybridized carbons (Fsp3) is 0.694. The van der Waals surface area contributed by atoms with Crippen LogP contribution in [-0.4, -0.2) is 111 Å². The van der Waals surface area contributed by atoms with Gasteiger partial charge >= 0.3 is 5.82 Å². The van der Waals surface area contributed by atoms with Gasteiger partial charge in [-0.3, -0.25) is 4.90 Å². The summed E-state index contributed by atoms with van der Waals surface area (Å²) in [5, 5.41) is 0. The highest BCUT2D eigenvalue weighted by atomic mass is 16.7. The topological polar surface area (TPSA) is 130 Å². The molecule has 0 bridgehead atoms. The lowest BCUT2D eigenvalue weighted by Gasteiger charge is -2.25. The van der Waals surface area contributed by atoms with Crippen LogP contribution in [0.4, 0.5) is 0 Å². The van der Waals surface area contributed by atoms with Gasteiger partial charge in [0.15, 0.2) is 11.5 Å². The fourth-order valence-corrected chi connectivity index (χ4v) is 5.23. The molecule has 3 fully saturated rings. The highest BCUT2D eigenvalue weighted by Crippen LogP contribution is 2.37. The zero-order valence-corrected chi connectivity index (χ0v) is 30.8. The minimum atomic E-state index is -0.676. The molecule has 1 aromatic heterocycles. The smallest absolute Gasteiger partial charge is 0.461 e. The van der Waals surface area contributed by atoms with Gasteiger partial charge in [-0.15, -0.1) is 0 Å². The Kier molecular flexibility index (Phi) is 20.6. The predicted octanol–water partition coefficient (Wildman–Crippen LogP) is 5.34. The Morgan fingerprint density at radius 2 is 1.63 bits per heavy atom. The Morgan fingerprint density at radius 3 is 2.14 bits per heavy atom. The summed E-state index contributed by atoms with van der Waals surface area (Å²) < 4.78 is 55.3. The Labute approximate surface area is 291 Å². The van der Waals surface area contributed by atoms with Gasteiger partial charge in [0.05, 0.1) is 39.1 Å². The molecule has 4 heterocycles. The average molecular weight is 698 g/mol. The van der Waals surface area contributed by atoms with E-state index in [0.29, 0.717) is 36.6 Å². The molecule has 1 aromatic carbocycles. The Balaban J connectivity index is 0.000000215. The van der Waals surface area contributed by atoms with Gasteiger partial charge in [-0.2, -0.15) is 0 Å². The van der Waals surface area contributed by atoms with Gasteiger partial charge in [-0.1, -0.05) is 43.7 Å². The van der Waals surface area contributed by atoms with Gasteiger partial charge in [0, 0.05) is 66.3 Å². The number of hydrogen-bond donors (Lipinski definition) is 0. The third-order valence-corrected chi connectivity index (χ3v) is 7.86. The molecule has 6 rings (SSSR count). The summed E-state index contributed by atoms with van der Waals surface area (Å²) in [5.41, 5.74) is 2.11. The Bertz CT molecular complexity index is 1220. The first-order valence-corrected chi connectivity index (χ1v) is 16.8. The molecular weight excluding hydrogens is 638 g/mol. The van der Waals surface area contributed by atoms with Crippen molar-refractivity contribution in [2.75, 3.05) is 88.2 Å². The second kappa shape index (κ2) is 23.7. The van der Waals surface area contributed by atoms with E-state index in [9.17, 15) is 4.79 Å². The van der Waals surface area contributed by atoms with Crippen LogP contribution in [0, 0.1) is 6.92 Å². The number of methoxy groups -OCH3 is 5. The number of morpholine rings is 1. The highest BCUT2D eigenvalue weighted by Gasteiger charge is 2.32. The number of nitrogens with zero attached hydrogens (tertiary/aromatic N) is 1. The maximum Gasteiger partial charge on any atom is 0.519 e. The van der Waals surface area contributed by atoms with Crippen molar-refractivity contribution in [1.29, 1.82) is 0 Å². The van der Waals surface area contributed by atoms with E-state index >= 15 is 0 Å². The molecule has 1 saturated carbocycles. The van der Waals surface area contributed by atoms with E-state index < -0.39 is 11.6 Å². The molecule has 3 aliphatic heterocycles. The maximum absolute atomic E-state index is 10.4. The lowest BCUT2D eigenvalue weighted by atomic mass is 10.1. The lowest BCUT2D eigenvalue weighted by molar-refractivity contribution is -0.143. The normalized spacial score (nSPS) is 21.1. The van der Waals surface area contributed by atoms with E-state index in [2.05, 4.69) is 20.3 Å². The molecule has 0 spiro atoms. The average Bonchev–Trinajstić information content (AvgIpc) is 3.89. The van der Waals surface area contributed by atoms with Crippen molar-refractivity contribution in [3.63, 3.8) is 0 Å². The summed E-state index contributed by atoms with van der Waals surface area (Å²) >= 11 is 0. The summed E-state index contributed by atoms with van der Waals surface area (Å²) in [6.45, 7) is 16.5. The zero-order valence-electron chi connectivity index (χ0n) is 30.8. The monoisotopic (exact) mass is 697 g/mol. The second-order valence-electron chi connectivity index (χ2n) is 12.1. The molecule has 0 amide bonds. The van der Waals surface area contributed by atoms with Crippen molar-refractivity contribution < 1.29 is 51.5 Å². The fourth-order valence-electron chi connectivity index (χ4n) is 5.23. The molecule has 4 aliphatic rings. The van der Waals surface area contributed by atoms with E-state index in [0.717, 1.165) is 50.6 Å². The van der Waals surface area contributed by atoms with Crippen molar-refractivity contribution in [1.82, 2.24) is 4.90 Å². The van der Waals surface area contributed by atoms with Crippen molar-refractivity contribution in [3.8, 4) is 0 Å². The molecule has 1 aliphatic carbocycles. The zero-order chi connectivity index (χ0) is 36.1. The van der Waals surface area contributed by atoms with Crippen LogP contribution in [0.5, 0.6) is 0 Å². The molecule has 13 heteroatoms. The van der Waals surface area contributed by atoms with E-state index in [4.69, 9.17) is 42.6 Å². The standard InChI is InChI=1S/C10H10O2.C7H15NO2.C7H14O3.C6H8O4.C6H12O/c1-7-8-5-3-4-6-9(8)10(11-2)12-7;1-9-5-2-8-3-6-10-7-4-8;1-7(2)9-5-6(10-7)4-8-3;1-4-5(3-8-2)10-6(7)9-4;1-7-6-4-2-3-5-6/h3-6,10H,1H2,2H3;2-7H2,1H3;6H,4-5H2,1-3H3;3H2,1-2H3;6H,2-5H2,1H3. The first-order chi connectivity index (χ1) is 23.6. The third-order valence-electron chi connectivity index (χ3n) is 7.86. The minimum Gasteiger partial charge on any atom is -0.461 e. The molecule has 13 nitrogen and oxygen atoms in total. The van der Waals surface area contributed by atoms with Crippen molar-refractivity contribution in [2.45, 2.75) is 77.3 Å². The van der Waals surface area contributed by atoms with E-state index in [-0.39, 0.29) is 19.0 Å². The first-order valence-electron chi connectivity index (χ1n) is 16.8. The summed E-state index contributed by atoms with van der Waals surface area (Å²) in [6.07, 6.45) is 5.76. The van der Waals surface area contributed by atoms with Crippen LogP contribution in [0.15, 0.2) is 44.5 Å². The predicted molar refractivity (Wildman–Crippen MR) is 184 cm³/mol. The summed E-state index contributed by atoms with van der Waals surface area (Å²) in [7, 11) is 8.34. The summed E-state index contributed by atoms with van der Waals surface area (Å²) in [6, 6.07) is 7.90. The number of ether oxygens (including phenoxy) is 9. The molecule has 2 aromatic rings. The van der Waals surface area contributed by atoms with Crippen LogP contribution < -0.4 is 5.82 Å². The van der Waals surface area contributed by atoms with Crippen LogP contribution in [0.2, 0.25) is 0 Å². The van der Waals surface area contributed by atoms with Crippen LogP contribution in [0.3, 0.4) is 0 Å². The summed E-state index contributed by atoms with van der Waals surface area (Å²) in [5.74, 6) is 0.532. The molecular formula is C36H59NO12. The van der Waals surface area contributed by atoms with Crippen molar-refractivity contribution in [3.05, 3.63) is 64.1 Å². The highest BCUT2D eigenvalue weighted by molar-refractivity contribution is 5.64. The number of benzene rings is 1. The molecule has 0 radical (unpaired) electrons. The van der Waals surface area contributed by atoms with E-state index in [1.165, 1.54) is 32.8 Å². The third kappa shape index (κ3) is 16.3. The Morgan fingerprint density at radius 1 is 0.939 bits per heavy atom. The van der Waals surface area contributed by atoms with Crippen LogP contribution in [0.25, 0.3) is 5.76 Å². The van der Waals surface area contributed by atoms with Gasteiger partial charge in [0.1, 0.15) is 24.2 Å². The quantitative estimate of drug-likeness (QED) is 0.334. The first kappa shape index (κ1) is 42.6. The minimum absolute atomic E-state index is 0.111. The Hall–Kier alpha value is -2.59. The van der Waals surface area contributed by atoms with Gasteiger partial charge < -0.3 is 51.5 Å². The lowest BCUT2D eigenvalue weighted by Crippen LogP contribution is -2.38. The largest absolute Gasteiger partial charge is 0.519 e. The van der Waals surface area contributed by atoms with Crippen LogP contribution in [0.1, 0.15) is 68.5 Å². The number of aryl methyl sites for hydroxylation is 1. The van der Waals surface area contributed by atoms with Gasteiger partial charge in [-0.25, -0.2) is 4.79 Å². The summed E-state index contributed by atoms with van der Waals surface area (Å²) in [4.78, 5) is 12.8. The molecule has 2 unspecified atom stereocenters. The molecule has 49 heavy (non-hydrogen) atoms. The van der Waals surface area contributed by atoms with Crippen molar-refractivity contribution in [2.24, 2.45) is 0 Å². The molecule has 2 saturated heterocycles. The van der Waals surface area contributed by atoms with Gasteiger partial charge in [0.2, 0.25) is 6.29 Å². The second-order valence-corrected chi connectivity index (χ2v) is 12.1. The molecule has 2 atom stereocenters. The number of hydrogen-bond acceptors (Lipinski definition) is 13. The number of fused-ring (bicyclic) bond motifs is 1. The number of rotatable bonds is 9. The SMILES string of the molecule is C=C1OC(OC)c2ccccc21.COC1CCCC1.COCC1COC(C)(C)O1.COCCN1CCOCC1.COCc1oc(=O)oc1C. The van der Waals surface area contributed by atoms with E-state index in [1.54, 1.807) is 35.4 Å². The van der Waals surface area contributed by atoms with Crippen LogP contribution >= 0.6 is 0 Å². The van der Waals surface area contributed by atoms with Crippen molar-refractivity contribution >= 4 is 5.76 Å². The van der Waals surface area contributed by atoms with Gasteiger partial charge in [-0.05, 0) is 33.6 Å². The molecule has 280 valence electrons. The van der Waals surface area contributed by atoms with E-state index in [1.807, 2.05) is 38.1 Å². The maximum atomic E-state index is 10.4.